The van der Waals surface area contributed by atoms with E-state index in [1.54, 1.807) is 0 Å². The van der Waals surface area contributed by atoms with Crippen LogP contribution >= 0.6 is 24.2 Å². The van der Waals surface area contributed by atoms with Crippen LogP contribution in [0, 0.1) is 0 Å². The predicted octanol–water partition coefficient (Wildman–Crippen LogP) is 3.32. The van der Waals surface area contributed by atoms with Gasteiger partial charge in [0.2, 0.25) is 0 Å². The van der Waals surface area contributed by atoms with Gasteiger partial charge in [-0.25, -0.2) is 0 Å². The number of thioether (sulfide) groups is 1. The number of alkyl halides is 3. The van der Waals surface area contributed by atoms with Crippen LogP contribution in [0.5, 0.6) is 5.75 Å². The topological polar surface area (TPSA) is 29.5 Å². The molecule has 0 amide bonds. The minimum atomic E-state index is -4.43. The molecule has 1 aromatic rings. The van der Waals surface area contributed by atoms with Gasteiger partial charge in [-0.1, -0.05) is 0 Å². The summed E-state index contributed by atoms with van der Waals surface area (Å²) in [5.74, 6) is 0.494. The highest BCUT2D eigenvalue weighted by atomic mass is 35.5. The standard InChI is InChI=1S/C13H14F3NO2S.ClH/c1-17(2)7-20-11-6-19-10-5-8(13(14,15)16)3-4-9(10)12(11)18;/h3-5,11H,6-7H2,1-2H3;1H. The lowest BCUT2D eigenvalue weighted by molar-refractivity contribution is -0.137. The summed E-state index contributed by atoms with van der Waals surface area (Å²) in [7, 11) is 3.76. The fourth-order valence-electron chi connectivity index (χ4n) is 1.80. The van der Waals surface area contributed by atoms with Crippen LogP contribution in [-0.4, -0.2) is 42.5 Å². The van der Waals surface area contributed by atoms with Gasteiger partial charge in [-0.15, -0.1) is 24.2 Å². The van der Waals surface area contributed by atoms with E-state index in [1.807, 2.05) is 19.0 Å². The molecule has 0 aromatic heterocycles. The number of carbonyl (C=O) groups is 1. The zero-order valence-electron chi connectivity index (χ0n) is 11.4. The first-order valence-electron chi connectivity index (χ1n) is 5.93. The number of hydrogen-bond donors (Lipinski definition) is 0. The molecule has 0 saturated heterocycles. The Balaban J connectivity index is 0.00000220. The molecule has 1 aliphatic heterocycles. The van der Waals surface area contributed by atoms with Crippen molar-refractivity contribution in [3.8, 4) is 5.75 Å². The van der Waals surface area contributed by atoms with E-state index in [2.05, 4.69) is 0 Å². The smallest absolute Gasteiger partial charge is 0.416 e. The second-order valence-corrected chi connectivity index (χ2v) is 5.91. The molecule has 21 heavy (non-hydrogen) atoms. The van der Waals surface area contributed by atoms with Crippen LogP contribution in [0.2, 0.25) is 0 Å². The molecule has 1 heterocycles. The Morgan fingerprint density at radius 2 is 2.05 bits per heavy atom. The van der Waals surface area contributed by atoms with E-state index in [-0.39, 0.29) is 41.4 Å². The van der Waals surface area contributed by atoms with Gasteiger partial charge in [0.05, 0.1) is 11.1 Å². The number of fused-ring (bicyclic) bond motifs is 1. The molecular formula is C13H15ClF3NO2S. The average Bonchev–Trinajstić information content (AvgIpc) is 2.36. The molecule has 0 N–H and O–H groups in total. The quantitative estimate of drug-likeness (QED) is 0.789. The van der Waals surface area contributed by atoms with Crippen molar-refractivity contribution in [3.63, 3.8) is 0 Å². The Morgan fingerprint density at radius 1 is 1.38 bits per heavy atom. The minimum Gasteiger partial charge on any atom is -0.491 e. The Hall–Kier alpha value is -0.920. The maximum Gasteiger partial charge on any atom is 0.416 e. The zero-order valence-corrected chi connectivity index (χ0v) is 13.1. The highest BCUT2D eigenvalue weighted by Gasteiger charge is 2.34. The molecule has 0 radical (unpaired) electrons. The van der Waals surface area contributed by atoms with Crippen LogP contribution < -0.4 is 4.74 Å². The Kier molecular flexibility index (Phi) is 5.95. The van der Waals surface area contributed by atoms with E-state index < -0.39 is 11.7 Å². The van der Waals surface area contributed by atoms with Crippen LogP contribution in [-0.2, 0) is 6.18 Å². The van der Waals surface area contributed by atoms with Crippen LogP contribution in [0.15, 0.2) is 18.2 Å². The predicted molar refractivity (Wildman–Crippen MR) is 78.5 cm³/mol. The molecule has 0 spiro atoms. The number of nitrogens with zero attached hydrogens (tertiary/aromatic N) is 1. The van der Waals surface area contributed by atoms with Gasteiger partial charge < -0.3 is 9.64 Å². The molecular weight excluding hydrogens is 327 g/mol. The maximum absolute atomic E-state index is 12.6. The number of hydrogen-bond acceptors (Lipinski definition) is 4. The summed E-state index contributed by atoms with van der Waals surface area (Å²) < 4.78 is 43.1. The third kappa shape index (κ3) is 4.28. The Morgan fingerprint density at radius 3 is 2.62 bits per heavy atom. The monoisotopic (exact) mass is 341 g/mol. The van der Waals surface area contributed by atoms with Crippen LogP contribution in [0.4, 0.5) is 13.2 Å². The first kappa shape index (κ1) is 18.1. The second kappa shape index (κ2) is 6.89. The average molecular weight is 342 g/mol. The van der Waals surface area contributed by atoms with Crippen molar-refractivity contribution < 1.29 is 22.7 Å². The fraction of sp³-hybridized carbons (Fsp3) is 0.462. The number of Topliss-reactive ketones (excluding diaryl/α,β-unsaturated/α-hetero) is 1. The van der Waals surface area contributed by atoms with Crippen molar-refractivity contribution >= 4 is 30.0 Å². The van der Waals surface area contributed by atoms with Gasteiger partial charge in [-0.05, 0) is 32.3 Å². The molecule has 3 nitrogen and oxygen atoms in total. The van der Waals surface area contributed by atoms with E-state index in [0.29, 0.717) is 5.88 Å². The molecule has 2 rings (SSSR count). The van der Waals surface area contributed by atoms with E-state index in [9.17, 15) is 18.0 Å². The largest absolute Gasteiger partial charge is 0.491 e. The number of ketones is 1. The zero-order chi connectivity index (χ0) is 14.9. The molecule has 118 valence electrons. The first-order valence-corrected chi connectivity index (χ1v) is 6.98. The number of halogens is 4. The molecule has 0 saturated carbocycles. The summed E-state index contributed by atoms with van der Waals surface area (Å²) in [5.41, 5.74) is -0.580. The summed E-state index contributed by atoms with van der Waals surface area (Å²) in [4.78, 5) is 14.1. The highest BCUT2D eigenvalue weighted by Crippen LogP contribution is 2.36. The third-order valence-corrected chi connectivity index (χ3v) is 4.21. The Labute approximate surface area is 131 Å². The minimum absolute atomic E-state index is 0. The summed E-state index contributed by atoms with van der Waals surface area (Å²) in [6, 6.07) is 3.00. The fourth-order valence-corrected chi connectivity index (χ4v) is 2.72. The van der Waals surface area contributed by atoms with E-state index >= 15 is 0 Å². The van der Waals surface area contributed by atoms with Gasteiger partial charge in [-0.2, -0.15) is 13.2 Å². The molecule has 1 aliphatic rings. The van der Waals surface area contributed by atoms with Gasteiger partial charge in [0.25, 0.3) is 0 Å². The number of benzene rings is 1. The number of carbonyl (C=O) groups excluding carboxylic acids is 1. The van der Waals surface area contributed by atoms with E-state index in [4.69, 9.17) is 4.74 Å². The van der Waals surface area contributed by atoms with Gasteiger partial charge in [0.1, 0.15) is 17.6 Å². The van der Waals surface area contributed by atoms with Gasteiger partial charge >= 0.3 is 6.18 Å². The lowest BCUT2D eigenvalue weighted by atomic mass is 10.0. The summed E-state index contributed by atoms with van der Waals surface area (Å²) >= 11 is 1.42. The molecule has 1 aromatic carbocycles. The number of rotatable bonds is 3. The van der Waals surface area contributed by atoms with Crippen LogP contribution in [0.1, 0.15) is 15.9 Å². The normalized spacial score (nSPS) is 18.0. The van der Waals surface area contributed by atoms with Gasteiger partial charge in [0.15, 0.2) is 5.78 Å². The summed E-state index contributed by atoms with van der Waals surface area (Å²) in [5, 5.41) is -0.373. The third-order valence-electron chi connectivity index (χ3n) is 2.79. The van der Waals surface area contributed by atoms with E-state index in [0.717, 1.165) is 12.1 Å². The molecule has 0 fully saturated rings. The van der Waals surface area contributed by atoms with Crippen LogP contribution in [0.25, 0.3) is 0 Å². The molecule has 1 atom stereocenters. The summed E-state index contributed by atoms with van der Waals surface area (Å²) in [6.07, 6.45) is -4.43. The van der Waals surface area contributed by atoms with Crippen molar-refractivity contribution in [2.75, 3.05) is 26.6 Å². The maximum atomic E-state index is 12.6. The molecule has 1 unspecified atom stereocenters. The van der Waals surface area contributed by atoms with Crippen molar-refractivity contribution in [1.82, 2.24) is 4.90 Å². The van der Waals surface area contributed by atoms with E-state index in [1.165, 1.54) is 17.8 Å². The molecule has 8 heteroatoms. The van der Waals surface area contributed by atoms with Crippen LogP contribution in [0.3, 0.4) is 0 Å². The first-order chi connectivity index (χ1) is 9.29. The lowest BCUT2D eigenvalue weighted by Gasteiger charge is -2.25. The van der Waals surface area contributed by atoms with Crippen molar-refractivity contribution in [1.29, 1.82) is 0 Å². The highest BCUT2D eigenvalue weighted by molar-refractivity contribution is 8.00. The lowest BCUT2D eigenvalue weighted by Crippen LogP contribution is -2.32. The molecule has 0 bridgehead atoms. The number of ether oxygens (including phenoxy) is 1. The second-order valence-electron chi connectivity index (χ2n) is 4.75. The van der Waals surface area contributed by atoms with Gasteiger partial charge in [-0.3, -0.25) is 4.79 Å². The molecule has 0 aliphatic carbocycles. The van der Waals surface area contributed by atoms with Crippen molar-refractivity contribution in [3.05, 3.63) is 29.3 Å². The van der Waals surface area contributed by atoms with Gasteiger partial charge in [0, 0.05) is 5.88 Å². The SMILES string of the molecule is CN(C)CSC1COc2cc(C(F)(F)F)ccc2C1=O.Cl. The van der Waals surface area contributed by atoms with Crippen molar-refractivity contribution in [2.45, 2.75) is 11.4 Å². The van der Waals surface area contributed by atoms with Crippen molar-refractivity contribution in [2.24, 2.45) is 0 Å². The Bertz CT molecular complexity index is 523. The summed E-state index contributed by atoms with van der Waals surface area (Å²) in [6.45, 7) is 0.103.